The molecule has 222 valence electrons. The Labute approximate surface area is 245 Å². The summed E-state index contributed by atoms with van der Waals surface area (Å²) < 4.78 is 23.2. The number of ether oxygens (including phenoxy) is 4. The minimum atomic E-state index is -0.708. The van der Waals surface area contributed by atoms with Crippen LogP contribution in [0.2, 0.25) is 0 Å². The van der Waals surface area contributed by atoms with Crippen molar-refractivity contribution in [1.82, 2.24) is 0 Å². The van der Waals surface area contributed by atoms with E-state index in [-0.39, 0.29) is 24.7 Å². The maximum Gasteiger partial charge on any atom is 0.344 e. The van der Waals surface area contributed by atoms with Gasteiger partial charge in [-0.25, -0.2) is 9.59 Å². The molecule has 4 aromatic rings. The van der Waals surface area contributed by atoms with Crippen LogP contribution in [-0.4, -0.2) is 46.6 Å². The summed E-state index contributed by atoms with van der Waals surface area (Å²) in [5.41, 5.74) is 0.576. The molecular weight excluding hydrogens is 536 g/mol. The zero-order valence-corrected chi connectivity index (χ0v) is 24.9. The number of fused-ring (bicyclic) bond motifs is 2. The number of aliphatic hydroxyl groups is 2. The van der Waals surface area contributed by atoms with E-state index < -0.39 is 36.4 Å². The molecule has 0 spiro atoms. The van der Waals surface area contributed by atoms with E-state index in [1.54, 1.807) is 41.5 Å². The molecule has 8 heteroatoms. The second kappa shape index (κ2) is 12.4. The first-order valence-corrected chi connectivity index (χ1v) is 13.8. The van der Waals surface area contributed by atoms with Gasteiger partial charge in [-0.3, -0.25) is 0 Å². The van der Waals surface area contributed by atoms with Crippen LogP contribution >= 0.6 is 0 Å². The summed E-state index contributed by atoms with van der Waals surface area (Å²) in [6.45, 7) is 9.08. The fraction of sp³-hybridized carbons (Fsp3) is 0.353. The molecule has 0 saturated heterocycles. The quantitative estimate of drug-likeness (QED) is 0.231. The van der Waals surface area contributed by atoms with Crippen LogP contribution in [0.25, 0.3) is 32.7 Å². The second-order valence-electron chi connectivity index (χ2n) is 12.0. The molecule has 0 bridgehead atoms. The second-order valence-corrected chi connectivity index (χ2v) is 12.0. The van der Waals surface area contributed by atoms with Gasteiger partial charge in [-0.1, -0.05) is 48.5 Å². The first-order chi connectivity index (χ1) is 19.8. The zero-order valence-electron chi connectivity index (χ0n) is 24.9. The van der Waals surface area contributed by atoms with Gasteiger partial charge in [0.25, 0.3) is 0 Å². The van der Waals surface area contributed by atoms with Crippen LogP contribution in [0.3, 0.4) is 0 Å². The predicted molar refractivity (Wildman–Crippen MR) is 161 cm³/mol. The molecule has 0 radical (unpaired) electrons. The number of hydrogen-bond acceptors (Lipinski definition) is 8. The fourth-order valence-corrected chi connectivity index (χ4v) is 4.84. The summed E-state index contributed by atoms with van der Waals surface area (Å²) in [7, 11) is 0. The highest BCUT2D eigenvalue weighted by molar-refractivity contribution is 6.11. The molecule has 42 heavy (non-hydrogen) atoms. The lowest BCUT2D eigenvalue weighted by atomic mass is 9.89. The number of benzene rings is 4. The Kier molecular flexibility index (Phi) is 9.09. The standard InChI is InChI=1S/C34H38O8/c1-33(2,3)41-27(37)19-39-31-23(17-35)15-21-11-7-9-13-25(21)29(31)30-26-14-10-8-12-22(26)16-24(18-36)32(30)40-20-28(38)42-34(4,5)6/h7-16,35-36H,17-20H2,1-6H3. The molecule has 8 nitrogen and oxygen atoms in total. The SMILES string of the molecule is CC(C)(C)OC(=O)COc1c(CO)cc2ccccc2c1-c1c(OCC(=O)OC(C)(C)C)c(CO)cc2ccccc12. The summed E-state index contributed by atoms with van der Waals surface area (Å²) in [5, 5.41) is 24.0. The first-order valence-electron chi connectivity index (χ1n) is 13.8. The summed E-state index contributed by atoms with van der Waals surface area (Å²) in [6.07, 6.45) is 0. The van der Waals surface area contributed by atoms with Gasteiger partial charge in [0.15, 0.2) is 13.2 Å². The van der Waals surface area contributed by atoms with Crippen LogP contribution in [0.1, 0.15) is 52.7 Å². The van der Waals surface area contributed by atoms with Crippen LogP contribution in [0.4, 0.5) is 0 Å². The van der Waals surface area contributed by atoms with Gasteiger partial charge in [0.05, 0.1) is 13.2 Å². The largest absolute Gasteiger partial charge is 0.481 e. The smallest absolute Gasteiger partial charge is 0.344 e. The Balaban J connectivity index is 1.99. The molecule has 0 saturated carbocycles. The fourth-order valence-electron chi connectivity index (χ4n) is 4.84. The third-order valence-electron chi connectivity index (χ3n) is 6.26. The molecule has 4 rings (SSSR count). The summed E-state index contributed by atoms with van der Waals surface area (Å²) in [4.78, 5) is 25.4. The molecule has 0 aliphatic carbocycles. The van der Waals surface area contributed by atoms with E-state index in [0.29, 0.717) is 22.3 Å². The Morgan fingerprint density at radius 2 is 0.976 bits per heavy atom. The van der Waals surface area contributed by atoms with Crippen LogP contribution in [0.15, 0.2) is 60.7 Å². The molecule has 0 aliphatic rings. The molecule has 0 unspecified atom stereocenters. The van der Waals surface area contributed by atoms with Crippen LogP contribution in [0.5, 0.6) is 11.5 Å². The lowest BCUT2D eigenvalue weighted by Crippen LogP contribution is -2.28. The van der Waals surface area contributed by atoms with Gasteiger partial charge in [0.2, 0.25) is 0 Å². The number of esters is 2. The number of hydrogen-bond donors (Lipinski definition) is 2. The molecule has 0 amide bonds. The van der Waals surface area contributed by atoms with Crippen molar-refractivity contribution in [2.24, 2.45) is 0 Å². The van der Waals surface area contributed by atoms with Crippen LogP contribution in [-0.2, 0) is 32.3 Å². The third-order valence-corrected chi connectivity index (χ3v) is 6.26. The van der Waals surface area contributed by atoms with Gasteiger partial charge in [-0.05, 0) is 75.2 Å². The molecule has 0 aromatic heterocycles. The van der Waals surface area contributed by atoms with Crippen molar-refractivity contribution in [2.45, 2.75) is 66.0 Å². The highest BCUT2D eigenvalue weighted by Gasteiger charge is 2.26. The zero-order chi connectivity index (χ0) is 30.7. The summed E-state index contributed by atoms with van der Waals surface area (Å²) in [5.74, 6) is -0.601. The van der Waals surface area contributed by atoms with Crippen molar-refractivity contribution in [3.05, 3.63) is 71.8 Å². The monoisotopic (exact) mass is 574 g/mol. The Morgan fingerprint density at radius 3 is 1.31 bits per heavy atom. The molecule has 0 aliphatic heterocycles. The first kappa shape index (κ1) is 30.8. The number of carbonyl (C=O) groups is 2. The summed E-state index contributed by atoms with van der Waals surface area (Å²) in [6, 6.07) is 18.8. The molecule has 0 heterocycles. The lowest BCUT2D eigenvalue weighted by Gasteiger charge is -2.24. The normalized spacial score (nSPS) is 11.9. The maximum absolute atomic E-state index is 12.7. The molecule has 2 N–H and O–H groups in total. The van der Waals surface area contributed by atoms with E-state index in [2.05, 4.69) is 0 Å². The molecule has 4 aromatic carbocycles. The van der Waals surface area contributed by atoms with Crippen molar-refractivity contribution in [3.63, 3.8) is 0 Å². The van der Waals surface area contributed by atoms with Gasteiger partial charge in [-0.2, -0.15) is 0 Å². The Morgan fingerprint density at radius 1 is 0.619 bits per heavy atom. The average molecular weight is 575 g/mol. The maximum atomic E-state index is 12.7. The van der Waals surface area contributed by atoms with E-state index in [0.717, 1.165) is 21.5 Å². The van der Waals surface area contributed by atoms with Gasteiger partial charge < -0.3 is 29.2 Å². The topological polar surface area (TPSA) is 112 Å². The van der Waals surface area contributed by atoms with Crippen molar-refractivity contribution < 1.29 is 38.7 Å². The lowest BCUT2D eigenvalue weighted by molar-refractivity contribution is -0.158. The average Bonchev–Trinajstić information content (AvgIpc) is 2.91. The minimum absolute atomic E-state index is 0.268. The van der Waals surface area contributed by atoms with Crippen molar-refractivity contribution in [1.29, 1.82) is 0 Å². The van der Waals surface area contributed by atoms with E-state index in [1.807, 2.05) is 60.7 Å². The number of aliphatic hydroxyl groups excluding tert-OH is 2. The molecule has 0 atom stereocenters. The van der Waals surface area contributed by atoms with Gasteiger partial charge in [0.1, 0.15) is 22.7 Å². The van der Waals surface area contributed by atoms with E-state index >= 15 is 0 Å². The number of carbonyl (C=O) groups excluding carboxylic acids is 2. The van der Waals surface area contributed by atoms with Crippen LogP contribution < -0.4 is 9.47 Å². The highest BCUT2D eigenvalue weighted by Crippen LogP contribution is 2.48. The van der Waals surface area contributed by atoms with E-state index in [4.69, 9.17) is 18.9 Å². The highest BCUT2D eigenvalue weighted by atomic mass is 16.6. The minimum Gasteiger partial charge on any atom is -0.481 e. The Hall–Kier alpha value is -4.14. The van der Waals surface area contributed by atoms with Crippen molar-refractivity contribution >= 4 is 33.5 Å². The van der Waals surface area contributed by atoms with Gasteiger partial charge >= 0.3 is 11.9 Å². The number of rotatable bonds is 9. The molecule has 0 fully saturated rings. The van der Waals surface area contributed by atoms with Gasteiger partial charge in [-0.15, -0.1) is 0 Å². The van der Waals surface area contributed by atoms with Crippen molar-refractivity contribution in [2.75, 3.05) is 13.2 Å². The third kappa shape index (κ3) is 7.19. The summed E-state index contributed by atoms with van der Waals surface area (Å²) >= 11 is 0. The van der Waals surface area contributed by atoms with Crippen molar-refractivity contribution in [3.8, 4) is 22.6 Å². The van der Waals surface area contributed by atoms with Gasteiger partial charge in [0, 0.05) is 22.3 Å². The Bertz CT molecular complexity index is 1490. The predicted octanol–water partition coefficient (Wildman–Crippen LogP) is 6.09. The van der Waals surface area contributed by atoms with E-state index in [1.165, 1.54) is 0 Å². The molecular formula is C34H38O8. The van der Waals surface area contributed by atoms with E-state index in [9.17, 15) is 19.8 Å². The van der Waals surface area contributed by atoms with Crippen LogP contribution in [0, 0.1) is 0 Å².